The second-order valence-corrected chi connectivity index (χ2v) is 9.79. The summed E-state index contributed by atoms with van der Waals surface area (Å²) in [6, 6.07) is 26.6. The van der Waals surface area contributed by atoms with Crippen molar-refractivity contribution >= 4 is 38.1 Å². The van der Waals surface area contributed by atoms with E-state index in [0.29, 0.717) is 0 Å². The number of ketones is 1. The Bertz CT molecular complexity index is 1690. The monoisotopic (exact) mass is 683 g/mol. The van der Waals surface area contributed by atoms with Crippen molar-refractivity contribution in [3.05, 3.63) is 102 Å². The number of hydrogen-bond donors (Lipinski definition) is 1. The average Bonchev–Trinajstić information content (AvgIpc) is 2.86. The molecule has 0 aliphatic heterocycles. The Kier molecular flexibility index (Phi) is 8.63. The van der Waals surface area contributed by atoms with Crippen molar-refractivity contribution in [3.63, 3.8) is 0 Å². The smallest absolute Gasteiger partial charge is 0.155 e. The van der Waals surface area contributed by atoms with E-state index in [1.807, 2.05) is 46.0 Å². The summed E-state index contributed by atoms with van der Waals surface area (Å²) in [6.45, 7) is 10.3. The third kappa shape index (κ3) is 6.38. The standard InChI is InChI=1S/C29H26N.C5H8O2.Ir/c1-18(2)21-15-22(19(3)4)17-23(16-21)29-28-12-11-25-24-8-6-5-7-20(24)9-10-26(25)27(28)13-14-30-29;1-4(6)3-5(2)7;/h5-16,18-19H,1-4H3;3,6H,1-2H3;/q-1;;/b;4-3-;/i18D,19D;;. The fraction of sp³-hybridized carbons (Fsp3) is 0.235. The molecule has 38 heavy (non-hydrogen) atoms. The van der Waals surface area contributed by atoms with Gasteiger partial charge in [0.25, 0.3) is 0 Å². The molecule has 4 heteroatoms. The van der Waals surface area contributed by atoms with Crippen LogP contribution in [0.3, 0.4) is 0 Å². The van der Waals surface area contributed by atoms with Crippen LogP contribution < -0.4 is 0 Å². The van der Waals surface area contributed by atoms with E-state index < -0.39 is 11.8 Å². The molecule has 5 aromatic rings. The third-order valence-corrected chi connectivity index (χ3v) is 6.32. The van der Waals surface area contributed by atoms with Crippen molar-refractivity contribution in [1.29, 1.82) is 0 Å². The Hall–Kier alpha value is -3.33. The van der Waals surface area contributed by atoms with Gasteiger partial charge in [-0.2, -0.15) is 0 Å². The largest absolute Gasteiger partial charge is 0.512 e. The molecule has 4 aromatic carbocycles. The van der Waals surface area contributed by atoms with Gasteiger partial charge in [-0.1, -0.05) is 76.2 Å². The van der Waals surface area contributed by atoms with E-state index in [1.165, 1.54) is 41.5 Å². The van der Waals surface area contributed by atoms with Crippen LogP contribution in [0.2, 0.25) is 0 Å². The van der Waals surface area contributed by atoms with Crippen LogP contribution in [-0.2, 0) is 24.9 Å². The minimum absolute atomic E-state index is 0. The molecule has 5 rings (SSSR count). The van der Waals surface area contributed by atoms with Gasteiger partial charge < -0.3 is 10.1 Å². The van der Waals surface area contributed by atoms with Gasteiger partial charge in [-0.05, 0) is 69.7 Å². The first kappa shape index (κ1) is 26.3. The quantitative estimate of drug-likeness (QED) is 0.0890. The molecule has 1 heterocycles. The molecule has 0 aliphatic carbocycles. The minimum atomic E-state index is -0.813. The van der Waals surface area contributed by atoms with Crippen molar-refractivity contribution in [2.24, 2.45) is 0 Å². The first-order valence-electron chi connectivity index (χ1n) is 13.4. The van der Waals surface area contributed by atoms with Gasteiger partial charge in [0.1, 0.15) is 0 Å². The van der Waals surface area contributed by atoms with Crippen LogP contribution in [0.5, 0.6) is 0 Å². The fourth-order valence-corrected chi connectivity index (χ4v) is 4.52. The maximum absolute atomic E-state index is 10.0. The molecular weight excluding hydrogens is 647 g/mol. The number of carbonyl (C=O) groups is 1. The summed E-state index contributed by atoms with van der Waals surface area (Å²) in [5.74, 6) is -1.65. The van der Waals surface area contributed by atoms with E-state index in [9.17, 15) is 4.79 Å². The molecule has 0 spiro atoms. The molecular formula is C34H34IrNO2-. The van der Waals surface area contributed by atoms with Gasteiger partial charge in [0, 0.05) is 35.1 Å². The number of carbonyl (C=O) groups excluding carboxylic acids is 1. The van der Waals surface area contributed by atoms with Crippen molar-refractivity contribution < 1.29 is 32.7 Å². The SMILES string of the molecule is CC(=O)/C=C(/C)O.[2H]C(C)(C)c1[c-]c(-c2nccc3c2ccc2c4ccccc4ccc32)cc(C([2H])(C)C)c1.[Ir]. The first-order chi connectivity index (χ1) is 18.3. The molecule has 0 fully saturated rings. The van der Waals surface area contributed by atoms with Crippen LogP contribution >= 0.6 is 0 Å². The van der Waals surface area contributed by atoms with E-state index in [0.717, 1.165) is 33.2 Å². The Morgan fingerprint density at radius 3 is 2.13 bits per heavy atom. The first-order valence-corrected chi connectivity index (χ1v) is 12.4. The maximum atomic E-state index is 10.0. The third-order valence-electron chi connectivity index (χ3n) is 6.32. The molecule has 0 atom stereocenters. The van der Waals surface area contributed by atoms with Gasteiger partial charge in [0.2, 0.25) is 0 Å². The van der Waals surface area contributed by atoms with Crippen molar-refractivity contribution in [1.82, 2.24) is 4.98 Å². The average molecular weight is 683 g/mol. The number of aliphatic hydroxyl groups excluding tert-OH is 1. The summed E-state index contributed by atoms with van der Waals surface area (Å²) in [6.07, 6.45) is 3.02. The van der Waals surface area contributed by atoms with Crippen LogP contribution in [0.1, 0.15) is 67.2 Å². The number of pyridine rings is 1. The van der Waals surface area contributed by atoms with Crippen LogP contribution in [-0.4, -0.2) is 15.9 Å². The zero-order valence-corrected chi connectivity index (χ0v) is 25.0. The molecule has 3 nitrogen and oxygen atoms in total. The summed E-state index contributed by atoms with van der Waals surface area (Å²) < 4.78 is 17.2. The number of aliphatic hydroxyl groups is 1. The molecule has 0 saturated heterocycles. The summed E-state index contributed by atoms with van der Waals surface area (Å²) in [5, 5.41) is 15.5. The number of allylic oxidation sites excluding steroid dienone is 2. The normalized spacial score (nSPS) is 12.8. The van der Waals surface area contributed by atoms with E-state index in [2.05, 4.69) is 60.7 Å². The van der Waals surface area contributed by atoms with Crippen molar-refractivity contribution in [2.45, 2.75) is 53.3 Å². The van der Waals surface area contributed by atoms with Crippen molar-refractivity contribution in [2.75, 3.05) is 0 Å². The number of hydrogen-bond acceptors (Lipinski definition) is 3. The van der Waals surface area contributed by atoms with Crippen molar-refractivity contribution in [3.8, 4) is 11.3 Å². The molecule has 0 saturated carbocycles. The Morgan fingerprint density at radius 1 is 0.868 bits per heavy atom. The van der Waals surface area contributed by atoms with Crippen LogP contribution in [0.4, 0.5) is 0 Å². The molecule has 1 N–H and O–H groups in total. The predicted octanol–water partition coefficient (Wildman–Crippen LogP) is 9.29. The zero-order valence-electron chi connectivity index (χ0n) is 24.6. The summed E-state index contributed by atoms with van der Waals surface area (Å²) >= 11 is 0. The van der Waals surface area contributed by atoms with Gasteiger partial charge in [-0.3, -0.25) is 4.79 Å². The minimum Gasteiger partial charge on any atom is -0.512 e. The summed E-state index contributed by atoms with van der Waals surface area (Å²) in [5.41, 5.74) is 3.32. The second kappa shape index (κ2) is 12.5. The predicted molar refractivity (Wildman–Crippen MR) is 156 cm³/mol. The molecule has 1 aromatic heterocycles. The van der Waals surface area contributed by atoms with Crippen LogP contribution in [0.25, 0.3) is 43.6 Å². The Balaban J connectivity index is 0.000000492. The molecule has 0 unspecified atom stereocenters. The van der Waals surface area contributed by atoms with E-state index >= 15 is 0 Å². The van der Waals surface area contributed by atoms with Gasteiger partial charge in [0.15, 0.2) is 5.78 Å². The Labute approximate surface area is 241 Å². The summed E-state index contributed by atoms with van der Waals surface area (Å²) in [7, 11) is 0. The van der Waals surface area contributed by atoms with E-state index in [4.69, 9.17) is 12.8 Å². The second-order valence-electron chi connectivity index (χ2n) is 9.79. The van der Waals surface area contributed by atoms with Gasteiger partial charge in [0.05, 0.1) is 5.76 Å². The van der Waals surface area contributed by atoms with E-state index in [-0.39, 0.29) is 31.6 Å². The van der Waals surface area contributed by atoms with E-state index in [1.54, 1.807) is 0 Å². The molecule has 0 amide bonds. The number of aromatic nitrogens is 1. The fourth-order valence-electron chi connectivity index (χ4n) is 4.52. The van der Waals surface area contributed by atoms with Gasteiger partial charge >= 0.3 is 0 Å². The van der Waals surface area contributed by atoms with Gasteiger partial charge in [-0.15, -0.1) is 34.9 Å². The molecule has 0 bridgehead atoms. The van der Waals surface area contributed by atoms with Crippen LogP contribution in [0, 0.1) is 6.07 Å². The van der Waals surface area contributed by atoms with Crippen LogP contribution in [0.15, 0.2) is 84.8 Å². The molecule has 1 radical (unpaired) electrons. The number of nitrogens with zero attached hydrogens (tertiary/aromatic N) is 1. The number of benzene rings is 4. The number of fused-ring (bicyclic) bond motifs is 5. The maximum Gasteiger partial charge on any atom is 0.155 e. The topological polar surface area (TPSA) is 50.2 Å². The summed E-state index contributed by atoms with van der Waals surface area (Å²) in [4.78, 5) is 14.8. The number of rotatable bonds is 4. The van der Waals surface area contributed by atoms with Gasteiger partial charge in [-0.25, -0.2) is 0 Å². The Morgan fingerprint density at radius 2 is 1.50 bits per heavy atom. The molecule has 0 aliphatic rings. The zero-order chi connectivity index (χ0) is 28.5. The molecule has 197 valence electrons.